The monoisotopic (exact) mass is 734 g/mol. The van der Waals surface area contributed by atoms with E-state index < -0.39 is 18.1 Å². The SMILES string of the molecule is CN1CCN([C@@H]2CCCN(c3cnc(C(N)=O)c(Nc4ccc5c(c4)CN(C[C@@H]4Cc6ccc7c(C8CCC(O)NC8=O)noc7c6C4)CC5)n3)C2)C1=O. The van der Waals surface area contributed by atoms with Gasteiger partial charge in [-0.3, -0.25) is 14.5 Å². The maximum Gasteiger partial charge on any atom is 0.320 e. The Morgan fingerprint density at radius 2 is 1.93 bits per heavy atom. The van der Waals surface area contributed by atoms with E-state index in [4.69, 9.17) is 15.2 Å². The molecule has 0 saturated carbocycles. The van der Waals surface area contributed by atoms with Crippen LogP contribution in [0.2, 0.25) is 0 Å². The molecule has 5 N–H and O–H groups in total. The molecule has 5 aliphatic rings. The van der Waals surface area contributed by atoms with Crippen LogP contribution >= 0.6 is 0 Å². The molecule has 0 radical (unpaired) electrons. The number of nitrogens with two attached hydrogens (primary N) is 1. The number of hydrogen-bond donors (Lipinski definition) is 4. The van der Waals surface area contributed by atoms with Crippen molar-refractivity contribution in [2.75, 3.05) is 56.5 Å². The Hall–Kier alpha value is -5.28. The van der Waals surface area contributed by atoms with E-state index in [9.17, 15) is 19.5 Å². The third-order valence-electron chi connectivity index (χ3n) is 12.0. The van der Waals surface area contributed by atoms with Gasteiger partial charge in [-0.2, -0.15) is 0 Å². The third-order valence-corrected chi connectivity index (χ3v) is 12.0. The molecule has 2 unspecified atom stereocenters. The predicted octanol–water partition coefficient (Wildman–Crippen LogP) is 2.88. The highest BCUT2D eigenvalue weighted by atomic mass is 16.5. The molecule has 15 nitrogen and oxygen atoms in total. The molecular formula is C39H46N10O5. The zero-order valence-corrected chi connectivity index (χ0v) is 30.5. The lowest BCUT2D eigenvalue weighted by atomic mass is 9.91. The molecule has 2 aromatic heterocycles. The zero-order valence-electron chi connectivity index (χ0n) is 30.5. The van der Waals surface area contributed by atoms with E-state index in [-0.39, 0.29) is 23.7 Å². The molecule has 4 amide bonds. The summed E-state index contributed by atoms with van der Waals surface area (Å²) in [5.41, 5.74) is 13.1. The first kappa shape index (κ1) is 34.5. The lowest BCUT2D eigenvalue weighted by Gasteiger charge is -2.37. The minimum atomic E-state index is -0.807. The first-order valence-corrected chi connectivity index (χ1v) is 19.1. The Bertz CT molecular complexity index is 2140. The number of hydrogen-bond acceptors (Lipinski definition) is 11. The maximum atomic E-state index is 12.7. The largest absolute Gasteiger partial charge is 0.374 e. The van der Waals surface area contributed by atoms with Crippen LogP contribution in [0.3, 0.4) is 0 Å². The summed E-state index contributed by atoms with van der Waals surface area (Å²) in [5, 5.41) is 21.1. The lowest BCUT2D eigenvalue weighted by Crippen LogP contribution is -2.49. The van der Waals surface area contributed by atoms with Crippen molar-refractivity contribution in [2.24, 2.45) is 11.7 Å². The smallest absolute Gasteiger partial charge is 0.320 e. The summed E-state index contributed by atoms with van der Waals surface area (Å²) in [7, 11) is 1.84. The molecule has 4 aromatic rings. The van der Waals surface area contributed by atoms with E-state index in [0.29, 0.717) is 42.6 Å². The van der Waals surface area contributed by atoms with Crippen LogP contribution < -0.4 is 21.3 Å². The van der Waals surface area contributed by atoms with Gasteiger partial charge in [-0.05, 0) is 85.8 Å². The van der Waals surface area contributed by atoms with Crippen molar-refractivity contribution in [3.05, 3.63) is 70.2 Å². The van der Waals surface area contributed by atoms with Gasteiger partial charge in [0.15, 0.2) is 17.1 Å². The van der Waals surface area contributed by atoms with E-state index >= 15 is 0 Å². The number of nitrogens with zero attached hydrogens (tertiary/aromatic N) is 7. The van der Waals surface area contributed by atoms with Gasteiger partial charge in [-0.25, -0.2) is 14.8 Å². The van der Waals surface area contributed by atoms with Crippen molar-refractivity contribution >= 4 is 46.1 Å². The van der Waals surface area contributed by atoms with Gasteiger partial charge in [0.25, 0.3) is 5.91 Å². The minimum absolute atomic E-state index is 0.0656. The molecule has 6 heterocycles. The molecule has 0 spiro atoms. The van der Waals surface area contributed by atoms with Crippen molar-refractivity contribution in [1.82, 2.24) is 35.1 Å². The van der Waals surface area contributed by atoms with Crippen molar-refractivity contribution in [3.63, 3.8) is 0 Å². The van der Waals surface area contributed by atoms with E-state index in [2.05, 4.69) is 48.8 Å². The number of carbonyl (C=O) groups excluding carboxylic acids is 3. The number of fused-ring (bicyclic) bond motifs is 4. The summed E-state index contributed by atoms with van der Waals surface area (Å²) >= 11 is 0. The van der Waals surface area contributed by atoms with Gasteiger partial charge < -0.3 is 40.7 Å². The van der Waals surface area contributed by atoms with Gasteiger partial charge in [0.05, 0.1) is 18.2 Å². The Labute approximate surface area is 312 Å². The van der Waals surface area contributed by atoms with Crippen molar-refractivity contribution < 1.29 is 24.0 Å². The number of likely N-dealkylation sites (N-methyl/N-ethyl adjacent to an activating group) is 1. The number of benzene rings is 2. The molecule has 4 atom stereocenters. The van der Waals surface area contributed by atoms with Crippen LogP contribution in [-0.4, -0.2) is 111 Å². The number of nitrogens with one attached hydrogen (secondary N) is 2. The molecule has 1 aliphatic carbocycles. The van der Waals surface area contributed by atoms with Gasteiger partial charge in [0, 0.05) is 69.5 Å². The average molecular weight is 735 g/mol. The van der Waals surface area contributed by atoms with Gasteiger partial charge in [-0.1, -0.05) is 17.3 Å². The van der Waals surface area contributed by atoms with Crippen LogP contribution in [0.1, 0.15) is 70.0 Å². The van der Waals surface area contributed by atoms with Crippen LogP contribution in [0.5, 0.6) is 0 Å². The third kappa shape index (κ3) is 6.38. The van der Waals surface area contributed by atoms with Crippen molar-refractivity contribution in [2.45, 2.75) is 69.7 Å². The molecular weight excluding hydrogens is 688 g/mol. The van der Waals surface area contributed by atoms with E-state index in [1.807, 2.05) is 24.1 Å². The Morgan fingerprint density at radius 1 is 1.06 bits per heavy atom. The van der Waals surface area contributed by atoms with E-state index in [1.54, 1.807) is 11.1 Å². The number of aliphatic hydroxyl groups is 1. The van der Waals surface area contributed by atoms with Gasteiger partial charge in [0.2, 0.25) is 5.91 Å². The topological polar surface area (TPSA) is 186 Å². The Morgan fingerprint density at radius 3 is 2.74 bits per heavy atom. The Balaban J connectivity index is 0.875. The fourth-order valence-electron chi connectivity index (χ4n) is 9.21. The Kier molecular flexibility index (Phi) is 8.85. The number of aromatic nitrogens is 3. The van der Waals surface area contributed by atoms with Gasteiger partial charge in [0.1, 0.15) is 17.7 Å². The summed E-state index contributed by atoms with van der Waals surface area (Å²) in [6, 6.07) is 10.7. The number of urea groups is 1. The number of primary amides is 1. The zero-order chi connectivity index (χ0) is 37.1. The summed E-state index contributed by atoms with van der Waals surface area (Å²) < 4.78 is 5.90. The average Bonchev–Trinajstić information content (AvgIpc) is 3.87. The molecule has 0 bridgehead atoms. The molecule has 54 heavy (non-hydrogen) atoms. The highest BCUT2D eigenvalue weighted by Gasteiger charge is 2.36. The lowest BCUT2D eigenvalue weighted by molar-refractivity contribution is -0.128. The first-order valence-electron chi connectivity index (χ1n) is 19.1. The predicted molar refractivity (Wildman–Crippen MR) is 200 cm³/mol. The molecule has 282 valence electrons. The molecule has 4 aliphatic heterocycles. The number of amides is 4. The first-order chi connectivity index (χ1) is 26.2. The molecule has 3 saturated heterocycles. The van der Waals surface area contributed by atoms with Crippen LogP contribution in [0.15, 0.2) is 41.1 Å². The van der Waals surface area contributed by atoms with Gasteiger partial charge >= 0.3 is 6.03 Å². The van der Waals surface area contributed by atoms with Crippen molar-refractivity contribution in [1.29, 1.82) is 0 Å². The maximum absolute atomic E-state index is 12.7. The second-order valence-electron chi connectivity index (χ2n) is 15.6. The number of anilines is 3. The fraction of sp³-hybridized carbons (Fsp3) is 0.487. The summed E-state index contributed by atoms with van der Waals surface area (Å²) in [4.78, 5) is 55.5. The number of carbonyl (C=O) groups is 3. The normalized spacial score (nSPS) is 24.5. The highest BCUT2D eigenvalue weighted by molar-refractivity contribution is 5.96. The summed E-state index contributed by atoms with van der Waals surface area (Å²) in [6.07, 6.45) is 6.47. The van der Waals surface area contributed by atoms with E-state index in [0.717, 1.165) is 88.0 Å². The molecule has 15 heteroatoms. The fourth-order valence-corrected chi connectivity index (χ4v) is 9.21. The van der Waals surface area contributed by atoms with Crippen LogP contribution in [0.4, 0.5) is 22.1 Å². The number of rotatable bonds is 8. The van der Waals surface area contributed by atoms with Crippen LogP contribution in [-0.2, 0) is 30.6 Å². The molecule has 9 rings (SSSR count). The molecule has 2 aromatic carbocycles. The van der Waals surface area contributed by atoms with E-state index in [1.165, 1.54) is 22.3 Å². The molecule has 3 fully saturated rings. The number of piperidine rings is 2. The van der Waals surface area contributed by atoms with Crippen LogP contribution in [0.25, 0.3) is 11.0 Å². The highest BCUT2D eigenvalue weighted by Crippen LogP contribution is 2.38. The van der Waals surface area contributed by atoms with Crippen molar-refractivity contribution in [3.8, 4) is 0 Å². The second-order valence-corrected chi connectivity index (χ2v) is 15.6. The summed E-state index contributed by atoms with van der Waals surface area (Å²) in [5.74, 6) is 0.0983. The van der Waals surface area contributed by atoms with Gasteiger partial charge in [-0.15, -0.1) is 0 Å². The minimum Gasteiger partial charge on any atom is -0.374 e. The second kappa shape index (κ2) is 13.9. The quantitative estimate of drug-likeness (QED) is 0.209. The number of aliphatic hydroxyl groups excluding tert-OH is 1. The summed E-state index contributed by atoms with van der Waals surface area (Å²) in [6.45, 7) is 5.60. The van der Waals surface area contributed by atoms with Crippen LogP contribution in [0, 0.1) is 5.92 Å². The standard InChI is InChI=1S/C39H46N10O5/c1-46-13-14-49(39(46)53)27-3-2-11-48(21-27)31-18-41-34(36(40)51)37(43-31)42-26-6-4-23-10-12-47(20-25(23)17-26)19-22-15-24-5-7-28-33(45-54-35(28)30(24)16-22)29-8-9-32(50)44-38(29)52/h4-7,17-18,22,27,29,32,50H,2-3,8-16,19-21H2,1H3,(H2,40,51)(H,42,43)(H,44,52)/t22-,27-,29?,32?/m1/s1.